The third-order valence-electron chi connectivity index (χ3n) is 3.81. The van der Waals surface area contributed by atoms with Crippen LogP contribution in [0.4, 0.5) is 0 Å². The van der Waals surface area contributed by atoms with Gasteiger partial charge in [0, 0.05) is 30.5 Å². The lowest BCUT2D eigenvalue weighted by Gasteiger charge is -2.21. The average molecular weight is 309 g/mol. The van der Waals surface area contributed by atoms with Crippen molar-refractivity contribution in [2.75, 3.05) is 0 Å². The highest BCUT2D eigenvalue weighted by Crippen LogP contribution is 2.30. The lowest BCUT2D eigenvalue weighted by molar-refractivity contribution is -0.607. The Morgan fingerprint density at radius 2 is 1.91 bits per heavy atom. The molecule has 0 N–H and O–H groups in total. The zero-order valence-electron chi connectivity index (χ0n) is 12.3. The third kappa shape index (κ3) is 3.29. The summed E-state index contributed by atoms with van der Waals surface area (Å²) in [5.41, 5.74) is 0.973. The molecule has 5 heteroatoms. The lowest BCUT2D eigenvalue weighted by atomic mass is 9.88. The molecule has 2 heterocycles. The fraction of sp³-hybridized carbons (Fsp3) is 0.167. The van der Waals surface area contributed by atoms with Gasteiger partial charge in [0.2, 0.25) is 5.78 Å². The Hall–Kier alpha value is -2.95. The van der Waals surface area contributed by atoms with Gasteiger partial charge in [-0.3, -0.25) is 4.79 Å². The first-order chi connectivity index (χ1) is 11.1. The van der Waals surface area contributed by atoms with E-state index in [1.165, 1.54) is 18.3 Å². The van der Waals surface area contributed by atoms with Gasteiger partial charge in [-0.05, 0) is 17.7 Å². The fourth-order valence-corrected chi connectivity index (χ4v) is 2.67. The molecule has 1 aliphatic rings. The predicted octanol–water partition coefficient (Wildman–Crippen LogP) is 2.16. The Morgan fingerprint density at radius 1 is 1.17 bits per heavy atom. The molecule has 2 aromatic rings. The number of ether oxygens (including phenoxy) is 1. The highest BCUT2D eigenvalue weighted by atomic mass is 16.5. The molecule has 0 radical (unpaired) electrons. The summed E-state index contributed by atoms with van der Waals surface area (Å²) in [6, 6.07) is 14.1. The van der Waals surface area contributed by atoms with E-state index in [0.29, 0.717) is 4.73 Å². The second-order valence-corrected chi connectivity index (χ2v) is 5.32. The van der Waals surface area contributed by atoms with E-state index in [1.807, 2.05) is 30.3 Å². The summed E-state index contributed by atoms with van der Waals surface area (Å²) in [4.78, 5) is 23.9. The van der Waals surface area contributed by atoms with E-state index >= 15 is 0 Å². The van der Waals surface area contributed by atoms with E-state index in [2.05, 4.69) is 0 Å². The number of esters is 1. The molecular weight excluding hydrogens is 294 g/mol. The second-order valence-electron chi connectivity index (χ2n) is 5.32. The van der Waals surface area contributed by atoms with E-state index in [9.17, 15) is 14.8 Å². The Labute approximate surface area is 133 Å². The summed E-state index contributed by atoms with van der Waals surface area (Å²) in [7, 11) is 0. The Balaban J connectivity index is 1.87. The maximum Gasteiger partial charge on any atom is 0.331 e. The minimum atomic E-state index is -0.502. The van der Waals surface area contributed by atoms with E-state index in [-0.39, 0.29) is 23.8 Å². The molecule has 0 saturated heterocycles. The molecule has 23 heavy (non-hydrogen) atoms. The summed E-state index contributed by atoms with van der Waals surface area (Å²) in [5.74, 6) is -1.03. The number of hydrogen-bond acceptors (Lipinski definition) is 4. The van der Waals surface area contributed by atoms with Gasteiger partial charge >= 0.3 is 5.97 Å². The molecule has 0 amide bonds. The molecule has 1 aromatic carbocycles. The van der Waals surface area contributed by atoms with Crippen LogP contribution in [0, 0.1) is 5.21 Å². The normalized spacial score (nSPS) is 17.7. The molecule has 1 unspecified atom stereocenters. The summed E-state index contributed by atoms with van der Waals surface area (Å²) in [6.45, 7) is 0. The van der Waals surface area contributed by atoms with Crippen LogP contribution in [0.3, 0.4) is 0 Å². The molecule has 0 spiro atoms. The molecule has 1 aromatic heterocycles. The van der Waals surface area contributed by atoms with Crippen LogP contribution in [0.2, 0.25) is 0 Å². The van der Waals surface area contributed by atoms with Gasteiger partial charge in [0.1, 0.15) is 6.10 Å². The maximum absolute atomic E-state index is 12.5. The zero-order valence-corrected chi connectivity index (χ0v) is 12.3. The Morgan fingerprint density at radius 3 is 2.57 bits per heavy atom. The average Bonchev–Trinajstić information content (AvgIpc) is 3.00. The number of pyridine rings is 1. The van der Waals surface area contributed by atoms with Gasteiger partial charge in [-0.1, -0.05) is 30.3 Å². The Kier molecular flexibility index (Phi) is 4.19. The summed E-state index contributed by atoms with van der Waals surface area (Å²) in [5, 5.41) is 11.7. The number of cyclic esters (lactones) is 1. The molecule has 3 rings (SSSR count). The van der Waals surface area contributed by atoms with Crippen molar-refractivity contribution in [3.05, 3.63) is 83.3 Å². The molecule has 0 saturated carbocycles. The van der Waals surface area contributed by atoms with Crippen LogP contribution in [-0.4, -0.2) is 17.9 Å². The largest absolute Gasteiger partial charge is 0.618 e. The monoisotopic (exact) mass is 309 g/mol. The molecule has 1 aliphatic heterocycles. The number of Topliss-reactive ketones (excluding diaryl/α,β-unsaturated/α-hetero) is 1. The topological polar surface area (TPSA) is 70.3 Å². The number of carbonyl (C=O) groups excluding carboxylic acids is 2. The summed E-state index contributed by atoms with van der Waals surface area (Å²) >= 11 is 0. The van der Waals surface area contributed by atoms with Crippen LogP contribution >= 0.6 is 0 Å². The highest BCUT2D eigenvalue weighted by molar-refractivity contribution is 5.93. The number of benzene rings is 1. The van der Waals surface area contributed by atoms with Crippen LogP contribution in [0.1, 0.15) is 28.4 Å². The van der Waals surface area contributed by atoms with E-state index < -0.39 is 12.1 Å². The number of aromatic nitrogens is 1. The number of ketones is 1. The third-order valence-corrected chi connectivity index (χ3v) is 3.81. The van der Waals surface area contributed by atoms with Gasteiger partial charge in [-0.25, -0.2) is 4.79 Å². The van der Waals surface area contributed by atoms with Crippen LogP contribution < -0.4 is 4.73 Å². The Bertz CT molecular complexity index is 755. The molecule has 0 aliphatic carbocycles. The van der Waals surface area contributed by atoms with Crippen LogP contribution in [0.15, 0.2) is 66.9 Å². The smallest absolute Gasteiger partial charge is 0.331 e. The number of rotatable bonds is 5. The molecule has 116 valence electrons. The molecular formula is C18H15NO4. The standard InChI is InChI=1S/C18H15NO4/c20-16(15-8-4-5-11-19(15)22)12-14(13-6-2-1-3-7-13)17-9-10-18(21)23-17/h1-11,14,17H,12H2/t14-,17?/m1/s1. The van der Waals surface area contributed by atoms with E-state index in [1.54, 1.807) is 18.2 Å². The molecule has 2 atom stereocenters. The molecule has 0 bridgehead atoms. The predicted molar refractivity (Wildman–Crippen MR) is 82.6 cm³/mol. The van der Waals surface area contributed by atoms with Crippen molar-refractivity contribution < 1.29 is 19.1 Å². The quantitative estimate of drug-likeness (QED) is 0.367. The second kappa shape index (κ2) is 6.44. The molecule has 5 nitrogen and oxygen atoms in total. The lowest BCUT2D eigenvalue weighted by Crippen LogP contribution is -2.35. The summed E-state index contributed by atoms with van der Waals surface area (Å²) < 4.78 is 5.81. The van der Waals surface area contributed by atoms with Crippen molar-refractivity contribution in [3.8, 4) is 0 Å². The van der Waals surface area contributed by atoms with Crippen LogP contribution in [0.25, 0.3) is 0 Å². The van der Waals surface area contributed by atoms with Crippen molar-refractivity contribution >= 4 is 11.8 Å². The van der Waals surface area contributed by atoms with Crippen LogP contribution in [0.5, 0.6) is 0 Å². The zero-order chi connectivity index (χ0) is 16.2. The molecule has 0 fully saturated rings. The minimum absolute atomic E-state index is 0.0819. The van der Waals surface area contributed by atoms with Crippen LogP contribution in [-0.2, 0) is 9.53 Å². The fourth-order valence-electron chi connectivity index (χ4n) is 2.67. The van der Waals surface area contributed by atoms with Gasteiger partial charge < -0.3 is 9.94 Å². The summed E-state index contributed by atoms with van der Waals surface area (Å²) in [6.07, 6.45) is 3.89. The van der Waals surface area contributed by atoms with Gasteiger partial charge in [0.05, 0.1) is 0 Å². The van der Waals surface area contributed by atoms with E-state index in [4.69, 9.17) is 4.74 Å². The minimum Gasteiger partial charge on any atom is -0.618 e. The first-order valence-corrected chi connectivity index (χ1v) is 7.30. The van der Waals surface area contributed by atoms with Crippen molar-refractivity contribution in [3.63, 3.8) is 0 Å². The van der Waals surface area contributed by atoms with Crippen molar-refractivity contribution in [2.24, 2.45) is 0 Å². The van der Waals surface area contributed by atoms with Gasteiger partial charge in [0.25, 0.3) is 5.69 Å². The van der Waals surface area contributed by atoms with Crippen molar-refractivity contribution in [2.45, 2.75) is 18.4 Å². The first kappa shape index (κ1) is 15.0. The maximum atomic E-state index is 12.5. The SMILES string of the molecule is O=C1C=CC([C@H](CC(=O)c2cccc[n+]2[O-])c2ccccc2)O1. The van der Waals surface area contributed by atoms with Gasteiger partial charge in [-0.15, -0.1) is 0 Å². The van der Waals surface area contributed by atoms with Crippen molar-refractivity contribution in [1.82, 2.24) is 0 Å². The number of hydrogen-bond donors (Lipinski definition) is 0. The van der Waals surface area contributed by atoms with E-state index in [0.717, 1.165) is 5.56 Å². The van der Waals surface area contributed by atoms with Gasteiger partial charge in [-0.2, -0.15) is 4.73 Å². The first-order valence-electron chi connectivity index (χ1n) is 7.30. The number of carbonyl (C=O) groups is 2. The highest BCUT2D eigenvalue weighted by Gasteiger charge is 2.31. The number of nitrogens with zero attached hydrogens (tertiary/aromatic N) is 1. The van der Waals surface area contributed by atoms with Crippen molar-refractivity contribution in [1.29, 1.82) is 0 Å². The van der Waals surface area contributed by atoms with Gasteiger partial charge in [0.15, 0.2) is 6.20 Å².